The van der Waals surface area contributed by atoms with E-state index in [1.807, 2.05) is 5.43 Å². The number of urea groups is 1. The molecule has 0 spiro atoms. The van der Waals surface area contributed by atoms with Gasteiger partial charge in [-0.3, -0.25) is 5.43 Å². The van der Waals surface area contributed by atoms with Crippen LogP contribution in [-0.2, 0) is 0 Å². The van der Waals surface area contributed by atoms with Gasteiger partial charge in [-0.05, 0) is 0 Å². The van der Waals surface area contributed by atoms with E-state index < -0.39 is 6.09 Å². The van der Waals surface area contributed by atoms with Crippen LogP contribution >= 0.6 is 0 Å². The molecule has 0 aromatic rings. The number of hydrogen-bond acceptors (Lipinski definition) is 3. The van der Waals surface area contributed by atoms with E-state index in [0.29, 0.717) is 26.2 Å². The Hall–Kier alpha value is -1.50. The molecular weight excluding hydrogens is 176 g/mol. The molecule has 1 aliphatic heterocycles. The lowest BCUT2D eigenvalue weighted by atomic mass is 10.3. The van der Waals surface area contributed by atoms with Crippen LogP contribution < -0.4 is 11.3 Å². The Morgan fingerprint density at radius 1 is 1.15 bits per heavy atom. The van der Waals surface area contributed by atoms with Gasteiger partial charge in [0.05, 0.1) is 0 Å². The van der Waals surface area contributed by atoms with Gasteiger partial charge in [0, 0.05) is 26.2 Å². The number of carbonyl (C=O) groups is 2. The lowest BCUT2D eigenvalue weighted by molar-refractivity contribution is 0.112. The van der Waals surface area contributed by atoms with Gasteiger partial charge in [0.25, 0.3) is 0 Å². The lowest BCUT2D eigenvalue weighted by Gasteiger charge is -2.32. The van der Waals surface area contributed by atoms with E-state index in [-0.39, 0.29) is 6.03 Å². The fraction of sp³-hybridized carbons (Fsp3) is 0.667. The second-order valence-corrected chi connectivity index (χ2v) is 2.71. The summed E-state index contributed by atoms with van der Waals surface area (Å²) in [5.74, 6) is 4.93. The molecule has 13 heavy (non-hydrogen) atoms. The van der Waals surface area contributed by atoms with Crippen molar-refractivity contribution >= 4 is 12.1 Å². The van der Waals surface area contributed by atoms with E-state index in [9.17, 15) is 9.59 Å². The molecule has 1 fully saturated rings. The molecule has 1 heterocycles. The van der Waals surface area contributed by atoms with Gasteiger partial charge in [-0.2, -0.15) is 0 Å². The Morgan fingerprint density at radius 3 is 2.00 bits per heavy atom. The van der Waals surface area contributed by atoms with Crippen LogP contribution in [-0.4, -0.2) is 53.2 Å². The summed E-state index contributed by atoms with van der Waals surface area (Å²) in [6.45, 7) is 1.44. The third-order valence-corrected chi connectivity index (χ3v) is 1.96. The Morgan fingerprint density at radius 2 is 1.62 bits per heavy atom. The van der Waals surface area contributed by atoms with Gasteiger partial charge in [0.15, 0.2) is 0 Å². The second-order valence-electron chi connectivity index (χ2n) is 2.71. The van der Waals surface area contributed by atoms with E-state index in [2.05, 4.69) is 0 Å². The first-order valence-corrected chi connectivity index (χ1v) is 3.88. The number of amides is 3. The standard InChI is InChI=1S/C6H12N4O3/c7-8-5(11)9-1-3-10(4-2-9)6(12)13/h1-4,7H2,(H,8,11)(H,12,13). The van der Waals surface area contributed by atoms with Crippen LogP contribution in [0.25, 0.3) is 0 Å². The van der Waals surface area contributed by atoms with Gasteiger partial charge in [0.2, 0.25) is 0 Å². The maximum absolute atomic E-state index is 11.0. The highest BCUT2D eigenvalue weighted by Crippen LogP contribution is 2.01. The molecule has 0 bridgehead atoms. The Balaban J connectivity index is 2.39. The second kappa shape index (κ2) is 3.94. The number of carboxylic acid groups (broad SMARTS) is 1. The fourth-order valence-electron chi connectivity index (χ4n) is 1.19. The zero-order valence-corrected chi connectivity index (χ0v) is 7.06. The Kier molecular flexibility index (Phi) is 2.91. The highest BCUT2D eigenvalue weighted by molar-refractivity contribution is 5.74. The zero-order chi connectivity index (χ0) is 9.84. The van der Waals surface area contributed by atoms with Gasteiger partial charge in [-0.25, -0.2) is 15.4 Å². The first-order valence-electron chi connectivity index (χ1n) is 3.88. The van der Waals surface area contributed by atoms with Gasteiger partial charge >= 0.3 is 12.1 Å². The molecule has 0 aromatic carbocycles. The van der Waals surface area contributed by atoms with Crippen molar-refractivity contribution in [2.75, 3.05) is 26.2 Å². The number of rotatable bonds is 0. The zero-order valence-electron chi connectivity index (χ0n) is 7.06. The number of nitrogens with two attached hydrogens (primary N) is 1. The van der Waals surface area contributed by atoms with Crippen LogP contribution in [0, 0.1) is 0 Å². The lowest BCUT2D eigenvalue weighted by Crippen LogP contribution is -2.54. The highest BCUT2D eigenvalue weighted by Gasteiger charge is 2.22. The van der Waals surface area contributed by atoms with Crippen molar-refractivity contribution in [3.63, 3.8) is 0 Å². The van der Waals surface area contributed by atoms with Gasteiger partial charge < -0.3 is 14.9 Å². The topological polar surface area (TPSA) is 98.9 Å². The predicted octanol–water partition coefficient (Wildman–Crippen LogP) is -1.13. The molecule has 7 nitrogen and oxygen atoms in total. The smallest absolute Gasteiger partial charge is 0.407 e. The van der Waals surface area contributed by atoms with Crippen LogP contribution in [0.2, 0.25) is 0 Å². The molecule has 0 radical (unpaired) electrons. The number of nitrogens with one attached hydrogen (secondary N) is 1. The maximum Gasteiger partial charge on any atom is 0.407 e. The third kappa shape index (κ3) is 2.22. The number of piperazine rings is 1. The summed E-state index contributed by atoms with van der Waals surface area (Å²) in [7, 11) is 0. The minimum absolute atomic E-state index is 0.336. The maximum atomic E-state index is 11.0. The van der Waals surface area contributed by atoms with Crippen molar-refractivity contribution in [1.29, 1.82) is 0 Å². The number of carbonyl (C=O) groups excluding carboxylic acids is 1. The molecule has 1 aliphatic rings. The first-order chi connectivity index (χ1) is 6.15. The van der Waals surface area contributed by atoms with E-state index >= 15 is 0 Å². The molecule has 7 heteroatoms. The predicted molar refractivity (Wildman–Crippen MR) is 43.9 cm³/mol. The average molecular weight is 188 g/mol. The quantitative estimate of drug-likeness (QED) is 0.254. The SMILES string of the molecule is NNC(=O)N1CCN(C(=O)O)CC1. The summed E-state index contributed by atoms with van der Waals surface area (Å²) in [5.41, 5.74) is 2.00. The molecular formula is C6H12N4O3. The van der Waals surface area contributed by atoms with Crippen LogP contribution in [0.1, 0.15) is 0 Å². The normalized spacial score (nSPS) is 17.0. The summed E-state index contributed by atoms with van der Waals surface area (Å²) < 4.78 is 0. The summed E-state index contributed by atoms with van der Waals surface area (Å²) >= 11 is 0. The molecule has 0 atom stereocenters. The van der Waals surface area contributed by atoms with Crippen molar-refractivity contribution in [2.45, 2.75) is 0 Å². The molecule has 1 rings (SSSR count). The number of hydrogen-bond donors (Lipinski definition) is 3. The summed E-state index contributed by atoms with van der Waals surface area (Å²) in [4.78, 5) is 24.2. The molecule has 74 valence electrons. The molecule has 0 saturated carbocycles. The van der Waals surface area contributed by atoms with Crippen molar-refractivity contribution in [3.05, 3.63) is 0 Å². The van der Waals surface area contributed by atoms with E-state index in [1.54, 1.807) is 0 Å². The molecule has 4 N–H and O–H groups in total. The summed E-state index contributed by atoms with van der Waals surface area (Å²) in [5, 5.41) is 8.60. The number of hydrazine groups is 1. The molecule has 1 saturated heterocycles. The van der Waals surface area contributed by atoms with Gasteiger partial charge in [0.1, 0.15) is 0 Å². The van der Waals surface area contributed by atoms with Crippen LogP contribution in [0.3, 0.4) is 0 Å². The fourth-order valence-corrected chi connectivity index (χ4v) is 1.19. The van der Waals surface area contributed by atoms with E-state index in [0.717, 1.165) is 0 Å². The summed E-state index contributed by atoms with van der Waals surface area (Å²) in [6, 6.07) is -0.370. The highest BCUT2D eigenvalue weighted by atomic mass is 16.4. The van der Waals surface area contributed by atoms with Crippen molar-refractivity contribution in [1.82, 2.24) is 15.2 Å². The Labute approximate surface area is 75.1 Å². The Bertz CT molecular complexity index is 212. The monoisotopic (exact) mass is 188 g/mol. The van der Waals surface area contributed by atoms with E-state index in [4.69, 9.17) is 10.9 Å². The van der Waals surface area contributed by atoms with Crippen molar-refractivity contribution in [2.24, 2.45) is 5.84 Å². The third-order valence-electron chi connectivity index (χ3n) is 1.96. The van der Waals surface area contributed by atoms with Crippen LogP contribution in [0.5, 0.6) is 0 Å². The van der Waals surface area contributed by atoms with Gasteiger partial charge in [-0.1, -0.05) is 0 Å². The molecule has 0 unspecified atom stereocenters. The van der Waals surface area contributed by atoms with Crippen molar-refractivity contribution in [3.8, 4) is 0 Å². The average Bonchev–Trinajstić information content (AvgIpc) is 2.17. The van der Waals surface area contributed by atoms with Crippen LogP contribution in [0.4, 0.5) is 9.59 Å². The molecule has 3 amide bonds. The first kappa shape index (κ1) is 9.59. The molecule has 0 aromatic heterocycles. The largest absolute Gasteiger partial charge is 0.465 e. The minimum Gasteiger partial charge on any atom is -0.465 e. The van der Waals surface area contributed by atoms with Crippen LogP contribution in [0.15, 0.2) is 0 Å². The van der Waals surface area contributed by atoms with E-state index in [1.165, 1.54) is 9.80 Å². The number of nitrogens with zero attached hydrogens (tertiary/aromatic N) is 2. The van der Waals surface area contributed by atoms with Crippen molar-refractivity contribution < 1.29 is 14.7 Å². The summed E-state index contributed by atoms with van der Waals surface area (Å²) in [6.07, 6.45) is -0.951. The minimum atomic E-state index is -0.951. The van der Waals surface area contributed by atoms with Gasteiger partial charge in [-0.15, -0.1) is 0 Å². The molecule has 0 aliphatic carbocycles.